The van der Waals surface area contributed by atoms with Gasteiger partial charge in [0, 0.05) is 25.7 Å². The van der Waals surface area contributed by atoms with E-state index in [1.54, 1.807) is 12.1 Å². The van der Waals surface area contributed by atoms with Crippen LogP contribution in [0.4, 0.5) is 0 Å². The van der Waals surface area contributed by atoms with Gasteiger partial charge in [-0.05, 0) is 69.2 Å². The lowest BCUT2D eigenvalue weighted by Gasteiger charge is -2.39. The maximum Gasteiger partial charge on any atom is 0.320 e. The molecule has 0 radical (unpaired) electrons. The van der Waals surface area contributed by atoms with E-state index in [9.17, 15) is 9.90 Å². The number of ether oxygens (including phenoxy) is 1. The van der Waals surface area contributed by atoms with Crippen LogP contribution in [0, 0.1) is 11.8 Å². The van der Waals surface area contributed by atoms with Crippen LogP contribution in [-0.2, 0) is 4.79 Å². The molecular formula is C25H36Cl2N2O3. The monoisotopic (exact) mass is 482 g/mol. The highest BCUT2D eigenvalue weighted by atomic mass is 35.5. The molecule has 4 rings (SSSR count). The van der Waals surface area contributed by atoms with Gasteiger partial charge in [0.25, 0.3) is 0 Å². The third-order valence-corrected chi connectivity index (χ3v) is 8.39. The fourth-order valence-electron chi connectivity index (χ4n) is 5.73. The summed E-state index contributed by atoms with van der Waals surface area (Å²) in [4.78, 5) is 16.7. The molecule has 0 spiro atoms. The average molecular weight is 483 g/mol. The van der Waals surface area contributed by atoms with E-state index in [-0.39, 0.29) is 12.1 Å². The van der Waals surface area contributed by atoms with Gasteiger partial charge in [-0.15, -0.1) is 0 Å². The predicted molar refractivity (Wildman–Crippen MR) is 129 cm³/mol. The van der Waals surface area contributed by atoms with Crippen molar-refractivity contribution in [2.24, 2.45) is 11.8 Å². The first-order valence-corrected chi connectivity index (χ1v) is 13.0. The molecule has 7 heteroatoms. The number of carboxylic acid groups (broad SMARTS) is 1. The minimum Gasteiger partial charge on any atom is -0.490 e. The lowest BCUT2D eigenvalue weighted by atomic mass is 9.91. The smallest absolute Gasteiger partial charge is 0.320 e. The maximum atomic E-state index is 11.9. The predicted octanol–water partition coefficient (Wildman–Crippen LogP) is 5.58. The molecule has 2 aliphatic heterocycles. The Balaban J connectivity index is 1.18. The first-order valence-electron chi connectivity index (χ1n) is 12.3. The molecule has 0 unspecified atom stereocenters. The Morgan fingerprint density at radius 1 is 0.969 bits per heavy atom. The van der Waals surface area contributed by atoms with Gasteiger partial charge in [-0.1, -0.05) is 48.9 Å². The summed E-state index contributed by atoms with van der Waals surface area (Å²) in [6.07, 6.45) is 10.3. The summed E-state index contributed by atoms with van der Waals surface area (Å²) in [5, 5.41) is 10.9. The van der Waals surface area contributed by atoms with E-state index in [0.29, 0.717) is 21.9 Å². The summed E-state index contributed by atoms with van der Waals surface area (Å²) in [6, 6.07) is 5.17. The van der Waals surface area contributed by atoms with Gasteiger partial charge in [0.05, 0.1) is 10.0 Å². The molecule has 0 amide bonds. The van der Waals surface area contributed by atoms with Crippen LogP contribution in [0.25, 0.3) is 0 Å². The largest absolute Gasteiger partial charge is 0.490 e. The molecule has 3 fully saturated rings. The second-order valence-corrected chi connectivity index (χ2v) is 10.7. The molecule has 0 aromatic heterocycles. The van der Waals surface area contributed by atoms with Crippen molar-refractivity contribution in [2.75, 3.05) is 32.7 Å². The highest BCUT2D eigenvalue weighted by Crippen LogP contribution is 2.32. The van der Waals surface area contributed by atoms with Crippen molar-refractivity contribution in [3.05, 3.63) is 28.2 Å². The third kappa shape index (κ3) is 6.53. The summed E-state index contributed by atoms with van der Waals surface area (Å²) >= 11 is 12.1. The first-order chi connectivity index (χ1) is 15.5. The van der Waals surface area contributed by atoms with Crippen molar-refractivity contribution in [1.82, 2.24) is 9.80 Å². The molecule has 3 aliphatic rings. The van der Waals surface area contributed by atoms with Gasteiger partial charge >= 0.3 is 5.97 Å². The average Bonchev–Trinajstić information content (AvgIpc) is 3.30. The number of piperidine rings is 2. The number of likely N-dealkylation sites (tertiary alicyclic amines) is 2. The topological polar surface area (TPSA) is 53.0 Å². The Hall–Kier alpha value is -1.01. The van der Waals surface area contributed by atoms with Crippen molar-refractivity contribution in [2.45, 2.75) is 69.9 Å². The molecule has 1 aliphatic carbocycles. The molecule has 2 saturated heterocycles. The van der Waals surface area contributed by atoms with E-state index in [0.717, 1.165) is 70.6 Å². The Morgan fingerprint density at radius 3 is 2.28 bits per heavy atom. The minimum absolute atomic E-state index is 0.220. The van der Waals surface area contributed by atoms with Crippen LogP contribution in [0.2, 0.25) is 10.0 Å². The summed E-state index contributed by atoms with van der Waals surface area (Å²) in [6.45, 7) is 5.06. The Kier molecular flexibility index (Phi) is 8.61. The lowest BCUT2D eigenvalue weighted by molar-refractivity contribution is -0.144. The lowest BCUT2D eigenvalue weighted by Crippen LogP contribution is -2.48. The molecule has 5 nitrogen and oxygen atoms in total. The molecule has 0 bridgehead atoms. The molecule has 32 heavy (non-hydrogen) atoms. The zero-order chi connectivity index (χ0) is 22.5. The van der Waals surface area contributed by atoms with E-state index in [4.69, 9.17) is 27.9 Å². The molecule has 1 N–H and O–H groups in total. The quantitative estimate of drug-likeness (QED) is 0.523. The number of carboxylic acids is 1. The summed E-state index contributed by atoms with van der Waals surface area (Å²) in [5.74, 6) is 1.44. The second-order valence-electron chi connectivity index (χ2n) is 9.91. The van der Waals surface area contributed by atoms with Crippen molar-refractivity contribution < 1.29 is 14.6 Å². The summed E-state index contributed by atoms with van der Waals surface area (Å²) < 4.78 is 6.11. The number of rotatable bonds is 8. The Morgan fingerprint density at radius 2 is 1.66 bits per heavy atom. The van der Waals surface area contributed by atoms with Crippen LogP contribution in [0.5, 0.6) is 5.75 Å². The van der Waals surface area contributed by atoms with Crippen LogP contribution in [0.1, 0.15) is 57.8 Å². The van der Waals surface area contributed by atoms with Gasteiger partial charge in [0.15, 0.2) is 0 Å². The van der Waals surface area contributed by atoms with Gasteiger partial charge < -0.3 is 14.7 Å². The van der Waals surface area contributed by atoms with E-state index >= 15 is 0 Å². The van der Waals surface area contributed by atoms with Gasteiger partial charge in [0.1, 0.15) is 17.9 Å². The summed E-state index contributed by atoms with van der Waals surface area (Å²) in [7, 11) is 0. The fraction of sp³-hybridized carbons (Fsp3) is 0.720. The highest BCUT2D eigenvalue weighted by molar-refractivity contribution is 6.42. The van der Waals surface area contributed by atoms with Gasteiger partial charge in [-0.2, -0.15) is 0 Å². The first kappa shape index (κ1) is 24.1. The molecule has 1 atom stereocenters. The van der Waals surface area contributed by atoms with Crippen LogP contribution in [0.15, 0.2) is 18.2 Å². The van der Waals surface area contributed by atoms with E-state index in [2.05, 4.69) is 9.80 Å². The molecule has 1 saturated carbocycles. The summed E-state index contributed by atoms with van der Waals surface area (Å²) in [5.41, 5.74) is 0. The number of benzene rings is 1. The molecule has 2 heterocycles. The van der Waals surface area contributed by atoms with Crippen molar-refractivity contribution in [3.63, 3.8) is 0 Å². The minimum atomic E-state index is -0.626. The molecule has 1 aromatic rings. The second kappa shape index (κ2) is 11.4. The molecule has 178 valence electrons. The van der Waals surface area contributed by atoms with E-state index in [1.165, 1.54) is 25.7 Å². The van der Waals surface area contributed by atoms with Crippen molar-refractivity contribution in [1.29, 1.82) is 0 Å². The number of hydrogen-bond acceptors (Lipinski definition) is 4. The van der Waals surface area contributed by atoms with Crippen LogP contribution in [0.3, 0.4) is 0 Å². The van der Waals surface area contributed by atoms with E-state index in [1.807, 2.05) is 6.07 Å². The zero-order valence-electron chi connectivity index (χ0n) is 18.9. The van der Waals surface area contributed by atoms with Crippen molar-refractivity contribution >= 4 is 29.2 Å². The zero-order valence-corrected chi connectivity index (χ0v) is 20.4. The third-order valence-electron chi connectivity index (χ3n) is 7.65. The van der Waals surface area contributed by atoms with Crippen LogP contribution in [-0.4, -0.2) is 65.7 Å². The number of carbonyl (C=O) groups is 1. The normalized spacial score (nSPS) is 23.4. The van der Waals surface area contributed by atoms with E-state index < -0.39 is 5.97 Å². The van der Waals surface area contributed by atoms with Crippen LogP contribution < -0.4 is 4.74 Å². The fourth-order valence-corrected chi connectivity index (χ4v) is 6.02. The van der Waals surface area contributed by atoms with Gasteiger partial charge in [-0.25, -0.2) is 0 Å². The van der Waals surface area contributed by atoms with Gasteiger partial charge in [-0.3, -0.25) is 9.69 Å². The number of nitrogens with zero attached hydrogens (tertiary/aromatic N) is 2. The maximum absolute atomic E-state index is 11.9. The number of hydrogen-bond donors (Lipinski definition) is 1. The number of aliphatic carboxylic acids is 1. The Bertz CT molecular complexity index is 756. The van der Waals surface area contributed by atoms with Crippen LogP contribution >= 0.6 is 23.2 Å². The van der Waals surface area contributed by atoms with Gasteiger partial charge in [0.2, 0.25) is 0 Å². The molecular weight excluding hydrogens is 447 g/mol. The standard InChI is InChI=1S/C25H36Cl2N2O3/c26-22-6-5-21(16-23(22)27)32-20-9-11-28(12-10-20)17-19-7-13-29(14-8-19)24(25(30)31)15-18-3-1-2-4-18/h5-6,16,18-20,24H,1-4,7-15,17H2,(H,30,31)/t24-/m0/s1. The molecule has 1 aromatic carbocycles. The Labute approximate surface area is 202 Å². The highest BCUT2D eigenvalue weighted by Gasteiger charge is 2.33. The SMILES string of the molecule is O=C(O)[C@H](CC1CCCC1)N1CCC(CN2CCC(Oc3ccc(Cl)c(Cl)c3)CC2)CC1. The number of halogens is 2. The van der Waals surface area contributed by atoms with Crippen molar-refractivity contribution in [3.8, 4) is 5.75 Å².